The number of benzene rings is 1. The van der Waals surface area contributed by atoms with E-state index in [4.69, 9.17) is 16.7 Å². The maximum absolute atomic E-state index is 11.9. The molecule has 0 bridgehead atoms. The lowest BCUT2D eigenvalue weighted by Gasteiger charge is -2.08. The van der Waals surface area contributed by atoms with Gasteiger partial charge >= 0.3 is 5.97 Å². The van der Waals surface area contributed by atoms with E-state index in [1.54, 1.807) is 0 Å². The van der Waals surface area contributed by atoms with Gasteiger partial charge in [0.2, 0.25) is 5.56 Å². The highest BCUT2D eigenvalue weighted by atomic mass is 35.5. The summed E-state index contributed by atoms with van der Waals surface area (Å²) in [4.78, 5) is 36.3. The number of aromatic carboxylic acids is 1. The van der Waals surface area contributed by atoms with E-state index in [9.17, 15) is 14.4 Å². The van der Waals surface area contributed by atoms with E-state index < -0.39 is 11.9 Å². The molecule has 0 unspecified atom stereocenters. The Labute approximate surface area is 118 Å². The Kier molecular flexibility index (Phi) is 3.86. The summed E-state index contributed by atoms with van der Waals surface area (Å²) in [6, 6.07) is 6.59. The number of pyridine rings is 1. The van der Waals surface area contributed by atoms with Crippen molar-refractivity contribution in [1.82, 2.24) is 4.98 Å². The highest BCUT2D eigenvalue weighted by Gasteiger charge is 2.14. The van der Waals surface area contributed by atoms with Crippen LogP contribution in [0.3, 0.4) is 0 Å². The molecule has 7 heteroatoms. The Bertz CT molecular complexity index is 719. The van der Waals surface area contributed by atoms with Crippen molar-refractivity contribution in [3.05, 3.63) is 63.0 Å². The first-order valence-electron chi connectivity index (χ1n) is 5.50. The molecule has 0 saturated heterocycles. The molecule has 0 radical (unpaired) electrons. The molecule has 2 rings (SSSR count). The SMILES string of the molecule is O=C(Nc1cc(Cl)ccc1C(=O)O)c1ccc(=O)[nH]c1. The third-order valence-electron chi connectivity index (χ3n) is 2.51. The van der Waals surface area contributed by atoms with Crippen LogP contribution < -0.4 is 10.9 Å². The maximum Gasteiger partial charge on any atom is 0.337 e. The Morgan fingerprint density at radius 2 is 1.95 bits per heavy atom. The van der Waals surface area contributed by atoms with Crippen LogP contribution in [-0.2, 0) is 0 Å². The first kappa shape index (κ1) is 13.8. The Morgan fingerprint density at radius 1 is 1.20 bits per heavy atom. The molecule has 20 heavy (non-hydrogen) atoms. The van der Waals surface area contributed by atoms with Gasteiger partial charge in [-0.15, -0.1) is 0 Å². The number of anilines is 1. The molecule has 1 heterocycles. The molecule has 3 N–H and O–H groups in total. The highest BCUT2D eigenvalue weighted by Crippen LogP contribution is 2.21. The molecule has 1 amide bonds. The molecule has 0 fully saturated rings. The minimum atomic E-state index is -1.18. The van der Waals surface area contributed by atoms with E-state index in [1.165, 1.54) is 36.5 Å². The summed E-state index contributed by atoms with van der Waals surface area (Å²) in [5.74, 6) is -1.73. The van der Waals surface area contributed by atoms with Crippen LogP contribution in [0.4, 0.5) is 5.69 Å². The second-order valence-electron chi connectivity index (χ2n) is 3.89. The van der Waals surface area contributed by atoms with Gasteiger partial charge in [0.15, 0.2) is 0 Å². The van der Waals surface area contributed by atoms with Crippen LogP contribution in [0.2, 0.25) is 5.02 Å². The predicted octanol–water partition coefficient (Wildman–Crippen LogP) is 1.98. The zero-order valence-electron chi connectivity index (χ0n) is 10.0. The van der Waals surface area contributed by atoms with Gasteiger partial charge in [0.1, 0.15) is 0 Å². The normalized spacial score (nSPS) is 10.1. The summed E-state index contributed by atoms with van der Waals surface area (Å²) in [6.07, 6.45) is 1.24. The molecule has 0 aliphatic carbocycles. The smallest absolute Gasteiger partial charge is 0.337 e. The number of nitrogens with one attached hydrogen (secondary N) is 2. The summed E-state index contributed by atoms with van der Waals surface area (Å²) >= 11 is 5.78. The van der Waals surface area contributed by atoms with Gasteiger partial charge in [-0.05, 0) is 24.3 Å². The summed E-state index contributed by atoms with van der Waals surface area (Å²) in [5.41, 5.74) is -0.134. The molecule has 102 valence electrons. The van der Waals surface area contributed by atoms with E-state index in [-0.39, 0.29) is 22.4 Å². The number of aromatic amines is 1. The largest absolute Gasteiger partial charge is 0.478 e. The van der Waals surface area contributed by atoms with Crippen LogP contribution in [0.5, 0.6) is 0 Å². The molecule has 0 saturated carbocycles. The molecule has 1 aromatic heterocycles. The number of hydrogen-bond acceptors (Lipinski definition) is 3. The van der Waals surface area contributed by atoms with Crippen LogP contribution in [0.25, 0.3) is 0 Å². The Balaban J connectivity index is 2.32. The summed E-state index contributed by atoms with van der Waals surface area (Å²) < 4.78 is 0. The van der Waals surface area contributed by atoms with Crippen molar-refractivity contribution in [3.63, 3.8) is 0 Å². The number of carbonyl (C=O) groups excluding carboxylic acids is 1. The van der Waals surface area contributed by atoms with Crippen LogP contribution in [0, 0.1) is 0 Å². The number of amides is 1. The Morgan fingerprint density at radius 3 is 2.55 bits per heavy atom. The van der Waals surface area contributed by atoms with Gasteiger partial charge in [-0.25, -0.2) is 4.79 Å². The van der Waals surface area contributed by atoms with Crippen molar-refractivity contribution in [1.29, 1.82) is 0 Å². The lowest BCUT2D eigenvalue weighted by Crippen LogP contribution is -2.16. The van der Waals surface area contributed by atoms with Crippen molar-refractivity contribution in [3.8, 4) is 0 Å². The first-order chi connectivity index (χ1) is 9.47. The van der Waals surface area contributed by atoms with Gasteiger partial charge in [0.05, 0.1) is 16.8 Å². The fourth-order valence-electron chi connectivity index (χ4n) is 1.55. The summed E-state index contributed by atoms with van der Waals surface area (Å²) in [5, 5.41) is 11.8. The number of hydrogen-bond donors (Lipinski definition) is 3. The number of halogens is 1. The topological polar surface area (TPSA) is 99.3 Å². The quantitative estimate of drug-likeness (QED) is 0.805. The van der Waals surface area contributed by atoms with Crippen molar-refractivity contribution in [2.24, 2.45) is 0 Å². The fraction of sp³-hybridized carbons (Fsp3) is 0. The molecule has 6 nitrogen and oxygen atoms in total. The molecule has 0 spiro atoms. The van der Waals surface area contributed by atoms with E-state index in [0.717, 1.165) is 0 Å². The van der Waals surface area contributed by atoms with E-state index >= 15 is 0 Å². The average Bonchev–Trinajstić information content (AvgIpc) is 2.39. The fourth-order valence-corrected chi connectivity index (χ4v) is 1.72. The number of H-pyrrole nitrogens is 1. The monoisotopic (exact) mass is 292 g/mol. The lowest BCUT2D eigenvalue weighted by atomic mass is 10.1. The van der Waals surface area contributed by atoms with E-state index in [2.05, 4.69) is 10.3 Å². The molecule has 0 aliphatic heterocycles. The molecule has 1 aromatic carbocycles. The van der Waals surface area contributed by atoms with Crippen molar-refractivity contribution < 1.29 is 14.7 Å². The molecule has 2 aromatic rings. The van der Waals surface area contributed by atoms with E-state index in [0.29, 0.717) is 5.02 Å². The molecular formula is C13H9ClN2O4. The summed E-state index contributed by atoms with van der Waals surface area (Å²) in [7, 11) is 0. The first-order valence-corrected chi connectivity index (χ1v) is 5.88. The van der Waals surface area contributed by atoms with Gasteiger partial charge < -0.3 is 15.4 Å². The van der Waals surface area contributed by atoms with Crippen molar-refractivity contribution >= 4 is 29.2 Å². The van der Waals surface area contributed by atoms with E-state index in [1.807, 2.05) is 0 Å². The van der Waals surface area contributed by atoms with Gasteiger partial charge in [0, 0.05) is 17.3 Å². The number of aromatic nitrogens is 1. The second-order valence-corrected chi connectivity index (χ2v) is 4.33. The standard InChI is InChI=1S/C13H9ClN2O4/c14-8-2-3-9(13(19)20)10(5-8)16-12(18)7-1-4-11(17)15-6-7/h1-6H,(H,15,17)(H,16,18)(H,19,20). The average molecular weight is 293 g/mol. The van der Waals surface area contributed by atoms with Gasteiger partial charge in [0.25, 0.3) is 5.91 Å². The summed E-state index contributed by atoms with van der Waals surface area (Å²) in [6.45, 7) is 0. The van der Waals surface area contributed by atoms with Crippen LogP contribution in [0.1, 0.15) is 20.7 Å². The number of carboxylic acids is 1. The minimum absolute atomic E-state index is 0.0767. The number of rotatable bonds is 3. The van der Waals surface area contributed by atoms with Gasteiger partial charge in [-0.1, -0.05) is 11.6 Å². The third kappa shape index (κ3) is 3.04. The van der Waals surface area contributed by atoms with Crippen molar-refractivity contribution in [2.45, 2.75) is 0 Å². The molecule has 0 atom stereocenters. The second kappa shape index (κ2) is 5.58. The highest BCUT2D eigenvalue weighted by molar-refractivity contribution is 6.31. The lowest BCUT2D eigenvalue weighted by molar-refractivity contribution is 0.0698. The number of carbonyl (C=O) groups is 2. The maximum atomic E-state index is 11.9. The molecular weight excluding hydrogens is 284 g/mol. The van der Waals surface area contributed by atoms with Crippen LogP contribution in [0.15, 0.2) is 41.3 Å². The third-order valence-corrected chi connectivity index (χ3v) is 2.74. The van der Waals surface area contributed by atoms with Crippen LogP contribution >= 0.6 is 11.6 Å². The van der Waals surface area contributed by atoms with Crippen LogP contribution in [-0.4, -0.2) is 22.0 Å². The zero-order valence-corrected chi connectivity index (χ0v) is 10.8. The zero-order chi connectivity index (χ0) is 14.7. The predicted molar refractivity (Wildman–Crippen MR) is 73.4 cm³/mol. The minimum Gasteiger partial charge on any atom is -0.478 e. The Hall–Kier alpha value is -2.60. The number of carboxylic acid groups (broad SMARTS) is 1. The van der Waals surface area contributed by atoms with Gasteiger partial charge in [-0.3, -0.25) is 9.59 Å². The van der Waals surface area contributed by atoms with Gasteiger partial charge in [-0.2, -0.15) is 0 Å². The molecule has 0 aliphatic rings. The van der Waals surface area contributed by atoms with Crippen molar-refractivity contribution in [2.75, 3.05) is 5.32 Å².